The Morgan fingerprint density at radius 1 is 1.23 bits per heavy atom. The summed E-state index contributed by atoms with van der Waals surface area (Å²) in [5.41, 5.74) is 0.924. The summed E-state index contributed by atoms with van der Waals surface area (Å²) in [5, 5.41) is 2.88. The number of likely N-dealkylation sites (tertiary alicyclic amines) is 1. The molecule has 1 heterocycles. The molecular weight excluding hydrogens is 336 g/mol. The highest BCUT2D eigenvalue weighted by molar-refractivity contribution is 5.79. The van der Waals surface area contributed by atoms with Crippen molar-refractivity contribution in [3.8, 4) is 11.5 Å². The lowest BCUT2D eigenvalue weighted by atomic mass is 9.84. The summed E-state index contributed by atoms with van der Waals surface area (Å²) in [6.45, 7) is 3.26. The zero-order chi connectivity index (χ0) is 19.1. The van der Waals surface area contributed by atoms with Gasteiger partial charge in [0.05, 0.1) is 27.4 Å². The molecule has 7 nitrogen and oxygen atoms in total. The van der Waals surface area contributed by atoms with Gasteiger partial charge in [-0.2, -0.15) is 0 Å². The number of unbranched alkanes of at least 4 members (excludes halogenated alkanes) is 1. The molecule has 0 saturated carbocycles. The third-order valence-corrected chi connectivity index (χ3v) is 4.76. The van der Waals surface area contributed by atoms with E-state index >= 15 is 0 Å². The first-order chi connectivity index (χ1) is 12.5. The Balaban J connectivity index is 2.28. The fourth-order valence-corrected chi connectivity index (χ4v) is 3.28. The number of benzene rings is 1. The maximum atomic E-state index is 12.6. The Morgan fingerprint density at radius 3 is 2.58 bits per heavy atom. The predicted molar refractivity (Wildman–Crippen MR) is 97.7 cm³/mol. The van der Waals surface area contributed by atoms with Crippen molar-refractivity contribution in [1.82, 2.24) is 10.2 Å². The van der Waals surface area contributed by atoms with E-state index in [0.717, 1.165) is 18.4 Å². The van der Waals surface area contributed by atoms with Gasteiger partial charge in [-0.15, -0.1) is 0 Å². The topological polar surface area (TPSA) is 77.1 Å². The van der Waals surface area contributed by atoms with Gasteiger partial charge in [0, 0.05) is 25.4 Å². The van der Waals surface area contributed by atoms with Gasteiger partial charge in [0.25, 0.3) is 0 Å². The summed E-state index contributed by atoms with van der Waals surface area (Å²) in [6.07, 6.45) is 1.79. The number of hydrogen-bond acceptors (Lipinski definition) is 5. The molecule has 144 valence electrons. The lowest BCUT2D eigenvalue weighted by molar-refractivity contribution is -0.134. The average Bonchev–Trinajstić information content (AvgIpc) is 2.67. The molecule has 7 heteroatoms. The molecule has 0 radical (unpaired) electrons. The van der Waals surface area contributed by atoms with Crippen LogP contribution >= 0.6 is 0 Å². The van der Waals surface area contributed by atoms with E-state index in [1.54, 1.807) is 14.2 Å². The molecule has 26 heavy (non-hydrogen) atoms. The molecule has 1 aromatic carbocycles. The second-order valence-electron chi connectivity index (χ2n) is 6.36. The molecule has 0 bridgehead atoms. The first-order valence-electron chi connectivity index (χ1n) is 8.88. The molecule has 0 aliphatic carbocycles. The molecule has 1 aromatic rings. The van der Waals surface area contributed by atoms with Crippen LogP contribution in [0.1, 0.15) is 37.7 Å². The Morgan fingerprint density at radius 2 is 1.96 bits per heavy atom. The van der Waals surface area contributed by atoms with Crippen LogP contribution in [-0.4, -0.2) is 57.4 Å². The molecule has 1 aliphatic heterocycles. The standard InChI is InChI=1S/C19H28N2O5/c1-5-6-9-21-12-15(20-19(23)26-4)14(11-18(21)22)13-7-8-16(24-2)17(10-13)25-3/h7-8,10,14-15H,5-6,9,11-12H2,1-4H3,(H,20,23). The largest absolute Gasteiger partial charge is 0.493 e. The second-order valence-corrected chi connectivity index (χ2v) is 6.36. The van der Waals surface area contributed by atoms with Crippen LogP contribution in [0.2, 0.25) is 0 Å². The van der Waals surface area contributed by atoms with E-state index in [9.17, 15) is 9.59 Å². The van der Waals surface area contributed by atoms with E-state index in [0.29, 0.717) is 31.0 Å². The van der Waals surface area contributed by atoms with Gasteiger partial charge in [-0.1, -0.05) is 19.4 Å². The Bertz CT molecular complexity index is 634. The number of nitrogens with one attached hydrogen (secondary N) is 1. The SMILES string of the molecule is CCCCN1CC(NC(=O)OC)C(c2ccc(OC)c(OC)c2)CC1=O. The molecule has 2 rings (SSSR count). The van der Waals surface area contributed by atoms with Gasteiger partial charge in [-0.25, -0.2) is 4.79 Å². The van der Waals surface area contributed by atoms with Crippen LogP contribution in [0.5, 0.6) is 11.5 Å². The van der Waals surface area contributed by atoms with Gasteiger partial charge in [0.2, 0.25) is 5.91 Å². The lowest BCUT2D eigenvalue weighted by Crippen LogP contribution is -2.53. The van der Waals surface area contributed by atoms with Crippen molar-refractivity contribution in [3.63, 3.8) is 0 Å². The maximum Gasteiger partial charge on any atom is 0.407 e. The Hall–Kier alpha value is -2.44. The minimum atomic E-state index is -0.495. The third-order valence-electron chi connectivity index (χ3n) is 4.76. The number of amides is 2. The molecule has 1 fully saturated rings. The zero-order valence-corrected chi connectivity index (χ0v) is 15.9. The first-order valence-corrected chi connectivity index (χ1v) is 8.88. The summed E-state index contributed by atoms with van der Waals surface area (Å²) >= 11 is 0. The minimum absolute atomic E-state index is 0.0983. The highest BCUT2D eigenvalue weighted by atomic mass is 16.5. The average molecular weight is 364 g/mol. The van der Waals surface area contributed by atoms with Gasteiger partial charge in [-0.3, -0.25) is 4.79 Å². The fourth-order valence-electron chi connectivity index (χ4n) is 3.28. The summed E-state index contributed by atoms with van der Waals surface area (Å²) in [5.74, 6) is 1.17. The number of nitrogens with zero attached hydrogens (tertiary/aromatic N) is 1. The number of piperidine rings is 1. The predicted octanol–water partition coefficient (Wildman–Crippen LogP) is 2.54. The Labute approximate surface area is 154 Å². The van der Waals surface area contributed by atoms with Crippen molar-refractivity contribution in [2.45, 2.75) is 38.1 Å². The van der Waals surface area contributed by atoms with Gasteiger partial charge >= 0.3 is 6.09 Å². The number of methoxy groups -OCH3 is 3. The van der Waals surface area contributed by atoms with E-state index < -0.39 is 6.09 Å². The van der Waals surface area contributed by atoms with Gasteiger partial charge < -0.3 is 24.4 Å². The number of rotatable bonds is 7. The molecule has 2 amide bonds. The van der Waals surface area contributed by atoms with Crippen LogP contribution < -0.4 is 14.8 Å². The summed E-state index contributed by atoms with van der Waals surface area (Å²) in [7, 11) is 4.49. The van der Waals surface area contributed by atoms with Gasteiger partial charge in [0.15, 0.2) is 11.5 Å². The fraction of sp³-hybridized carbons (Fsp3) is 0.579. The van der Waals surface area contributed by atoms with Gasteiger partial charge in [-0.05, 0) is 24.1 Å². The van der Waals surface area contributed by atoms with E-state index in [-0.39, 0.29) is 17.9 Å². The van der Waals surface area contributed by atoms with Gasteiger partial charge in [0.1, 0.15) is 0 Å². The molecular formula is C19H28N2O5. The first kappa shape index (κ1) is 19.9. The van der Waals surface area contributed by atoms with Crippen molar-refractivity contribution in [1.29, 1.82) is 0 Å². The van der Waals surface area contributed by atoms with Crippen LogP contribution in [-0.2, 0) is 9.53 Å². The molecule has 2 atom stereocenters. The van der Waals surface area contributed by atoms with Crippen molar-refractivity contribution in [3.05, 3.63) is 23.8 Å². The summed E-state index contributed by atoms with van der Waals surface area (Å²) in [6, 6.07) is 5.37. The van der Waals surface area contributed by atoms with E-state index in [4.69, 9.17) is 14.2 Å². The van der Waals surface area contributed by atoms with Crippen molar-refractivity contribution < 1.29 is 23.8 Å². The zero-order valence-electron chi connectivity index (χ0n) is 15.9. The number of alkyl carbamates (subject to hydrolysis) is 1. The van der Waals surface area contributed by atoms with E-state index in [2.05, 4.69) is 12.2 Å². The van der Waals surface area contributed by atoms with Crippen LogP contribution in [0.15, 0.2) is 18.2 Å². The molecule has 1 saturated heterocycles. The number of carbonyl (C=O) groups excluding carboxylic acids is 2. The van der Waals surface area contributed by atoms with E-state index in [1.807, 2.05) is 23.1 Å². The quantitative estimate of drug-likeness (QED) is 0.805. The van der Waals surface area contributed by atoms with Crippen LogP contribution in [0.4, 0.5) is 4.79 Å². The van der Waals surface area contributed by atoms with Crippen molar-refractivity contribution in [2.24, 2.45) is 0 Å². The molecule has 1 aliphatic rings. The van der Waals surface area contributed by atoms with Crippen molar-refractivity contribution >= 4 is 12.0 Å². The normalized spacial score (nSPS) is 19.8. The number of ether oxygens (including phenoxy) is 3. The highest BCUT2D eigenvalue weighted by Crippen LogP contribution is 2.35. The number of hydrogen-bond donors (Lipinski definition) is 1. The van der Waals surface area contributed by atoms with Crippen LogP contribution in [0, 0.1) is 0 Å². The lowest BCUT2D eigenvalue weighted by Gasteiger charge is -2.38. The smallest absolute Gasteiger partial charge is 0.407 e. The third kappa shape index (κ3) is 4.59. The Kier molecular flexibility index (Phi) is 7.12. The molecule has 0 spiro atoms. The van der Waals surface area contributed by atoms with Crippen molar-refractivity contribution in [2.75, 3.05) is 34.4 Å². The van der Waals surface area contributed by atoms with Crippen LogP contribution in [0.25, 0.3) is 0 Å². The minimum Gasteiger partial charge on any atom is -0.493 e. The monoisotopic (exact) mass is 364 g/mol. The maximum absolute atomic E-state index is 12.6. The molecule has 1 N–H and O–H groups in total. The van der Waals surface area contributed by atoms with Crippen LogP contribution in [0.3, 0.4) is 0 Å². The van der Waals surface area contributed by atoms with E-state index in [1.165, 1.54) is 7.11 Å². The molecule has 0 aromatic heterocycles. The highest BCUT2D eigenvalue weighted by Gasteiger charge is 2.36. The number of carbonyl (C=O) groups is 2. The summed E-state index contributed by atoms with van der Waals surface area (Å²) in [4.78, 5) is 26.2. The summed E-state index contributed by atoms with van der Waals surface area (Å²) < 4.78 is 15.4. The second kappa shape index (κ2) is 9.31. The molecule has 2 unspecified atom stereocenters.